The van der Waals surface area contributed by atoms with Crippen LogP contribution in [0.3, 0.4) is 0 Å². The van der Waals surface area contributed by atoms with Crippen LogP contribution in [0.5, 0.6) is 0 Å². The van der Waals surface area contributed by atoms with Gasteiger partial charge in [-0.25, -0.2) is 0 Å². The van der Waals surface area contributed by atoms with Crippen molar-refractivity contribution in [3.63, 3.8) is 0 Å². The van der Waals surface area contributed by atoms with Gasteiger partial charge in [-0.15, -0.1) is 11.3 Å². The Balaban J connectivity index is 1.45. The highest BCUT2D eigenvalue weighted by atomic mass is 79.9. The van der Waals surface area contributed by atoms with Gasteiger partial charge in [0.15, 0.2) is 0 Å². The van der Waals surface area contributed by atoms with E-state index in [1.807, 2.05) is 11.3 Å². The molecular formula is C28H17BrS. The zero-order valence-corrected chi connectivity index (χ0v) is 18.5. The third-order valence-electron chi connectivity index (χ3n) is 5.76. The third-order valence-corrected chi connectivity index (χ3v) is 7.51. The van der Waals surface area contributed by atoms with Crippen LogP contribution in [0.4, 0.5) is 0 Å². The van der Waals surface area contributed by atoms with E-state index in [4.69, 9.17) is 0 Å². The molecule has 0 unspecified atom stereocenters. The van der Waals surface area contributed by atoms with E-state index in [0.29, 0.717) is 0 Å². The molecule has 0 saturated carbocycles. The summed E-state index contributed by atoms with van der Waals surface area (Å²) in [5.74, 6) is 0. The van der Waals surface area contributed by atoms with Gasteiger partial charge in [-0.05, 0) is 57.3 Å². The molecule has 0 spiro atoms. The second-order valence-corrected chi connectivity index (χ2v) is 9.53. The minimum absolute atomic E-state index is 1.10. The molecule has 1 aromatic heterocycles. The molecule has 0 amide bonds. The maximum Gasteiger partial charge on any atom is 0.0433 e. The molecule has 6 aromatic rings. The molecule has 0 atom stereocenters. The fourth-order valence-corrected chi connectivity index (χ4v) is 5.66. The highest BCUT2D eigenvalue weighted by molar-refractivity contribution is 9.10. The minimum Gasteiger partial charge on any atom is -0.135 e. The van der Waals surface area contributed by atoms with Crippen LogP contribution >= 0.6 is 27.3 Å². The molecule has 0 N–H and O–H groups in total. The van der Waals surface area contributed by atoms with E-state index >= 15 is 0 Å². The van der Waals surface area contributed by atoms with Crippen LogP contribution in [-0.2, 0) is 0 Å². The Hall–Kier alpha value is -2.94. The first kappa shape index (κ1) is 17.9. The molecule has 0 fully saturated rings. The normalized spacial score (nSPS) is 11.5. The average molecular weight is 465 g/mol. The number of fused-ring (bicyclic) bond motifs is 5. The predicted octanol–water partition coefficient (Wildman–Crippen LogP) is 9.30. The Morgan fingerprint density at radius 2 is 1.13 bits per heavy atom. The summed E-state index contributed by atoms with van der Waals surface area (Å²) in [4.78, 5) is 0. The standard InChI is InChI=1S/C28H17BrS/c29-23-13-9-19(10-14-23)18-5-7-20(8-6-18)22-12-16-27-26(17-22)25-15-11-21-3-1-2-4-24(21)28(25)30-27/h1-17H. The van der Waals surface area contributed by atoms with Gasteiger partial charge in [0.05, 0.1) is 0 Å². The number of hydrogen-bond donors (Lipinski definition) is 0. The summed E-state index contributed by atoms with van der Waals surface area (Å²) in [6.45, 7) is 0. The van der Waals surface area contributed by atoms with Crippen LogP contribution in [0.2, 0.25) is 0 Å². The molecule has 0 nitrogen and oxygen atoms in total. The second kappa shape index (κ2) is 7.09. The van der Waals surface area contributed by atoms with Gasteiger partial charge >= 0.3 is 0 Å². The fourth-order valence-electron chi connectivity index (χ4n) is 4.18. The number of thiophene rings is 1. The lowest BCUT2D eigenvalue weighted by Crippen LogP contribution is -1.81. The van der Waals surface area contributed by atoms with Gasteiger partial charge in [0.25, 0.3) is 0 Å². The van der Waals surface area contributed by atoms with Gasteiger partial charge in [-0.3, -0.25) is 0 Å². The Morgan fingerprint density at radius 1 is 0.500 bits per heavy atom. The Morgan fingerprint density at radius 3 is 1.90 bits per heavy atom. The van der Waals surface area contributed by atoms with Crippen molar-refractivity contribution >= 4 is 58.2 Å². The molecule has 0 radical (unpaired) electrons. The van der Waals surface area contributed by atoms with Gasteiger partial charge in [0.1, 0.15) is 0 Å². The Bertz CT molecular complexity index is 1520. The molecule has 5 aromatic carbocycles. The SMILES string of the molecule is Brc1ccc(-c2ccc(-c3ccc4sc5c6ccccc6ccc5c4c3)cc2)cc1. The van der Waals surface area contributed by atoms with Crippen molar-refractivity contribution in [1.82, 2.24) is 0 Å². The largest absolute Gasteiger partial charge is 0.135 e. The number of rotatable bonds is 2. The first-order chi connectivity index (χ1) is 14.8. The van der Waals surface area contributed by atoms with Gasteiger partial charge < -0.3 is 0 Å². The molecule has 0 saturated heterocycles. The highest BCUT2D eigenvalue weighted by Crippen LogP contribution is 2.40. The van der Waals surface area contributed by atoms with Crippen molar-refractivity contribution in [3.05, 3.63) is 108 Å². The molecule has 6 rings (SSSR count). The topological polar surface area (TPSA) is 0 Å². The van der Waals surface area contributed by atoms with Crippen molar-refractivity contribution in [2.24, 2.45) is 0 Å². The fraction of sp³-hybridized carbons (Fsp3) is 0. The molecule has 0 aliphatic carbocycles. The van der Waals surface area contributed by atoms with Crippen molar-refractivity contribution in [2.75, 3.05) is 0 Å². The molecule has 2 heteroatoms. The first-order valence-electron chi connectivity index (χ1n) is 9.97. The number of halogens is 1. The van der Waals surface area contributed by atoms with Gasteiger partial charge in [0, 0.05) is 24.6 Å². The summed E-state index contributed by atoms with van der Waals surface area (Å²) in [7, 11) is 0. The van der Waals surface area contributed by atoms with Gasteiger partial charge in [-0.2, -0.15) is 0 Å². The summed E-state index contributed by atoms with van der Waals surface area (Å²) >= 11 is 5.40. The van der Waals surface area contributed by atoms with Crippen LogP contribution in [-0.4, -0.2) is 0 Å². The third kappa shape index (κ3) is 2.96. The minimum atomic E-state index is 1.10. The number of hydrogen-bond acceptors (Lipinski definition) is 1. The smallest absolute Gasteiger partial charge is 0.0433 e. The van der Waals surface area contributed by atoms with Crippen LogP contribution in [0, 0.1) is 0 Å². The lowest BCUT2D eigenvalue weighted by atomic mass is 9.99. The summed E-state index contributed by atoms with van der Waals surface area (Å²) < 4.78 is 3.83. The van der Waals surface area contributed by atoms with Crippen LogP contribution in [0.15, 0.2) is 108 Å². The average Bonchev–Trinajstić information content (AvgIpc) is 3.18. The van der Waals surface area contributed by atoms with Crippen molar-refractivity contribution in [2.45, 2.75) is 0 Å². The van der Waals surface area contributed by atoms with Crippen molar-refractivity contribution in [1.29, 1.82) is 0 Å². The zero-order valence-electron chi connectivity index (χ0n) is 16.1. The summed E-state index contributed by atoms with van der Waals surface area (Å²) in [6.07, 6.45) is 0. The molecule has 0 aliphatic heterocycles. The summed E-state index contributed by atoms with van der Waals surface area (Å²) in [5.41, 5.74) is 4.98. The maximum atomic E-state index is 3.51. The molecule has 0 aliphatic rings. The Labute approximate surface area is 187 Å². The first-order valence-corrected chi connectivity index (χ1v) is 11.6. The highest BCUT2D eigenvalue weighted by Gasteiger charge is 2.10. The second-order valence-electron chi connectivity index (χ2n) is 7.56. The van der Waals surface area contributed by atoms with Crippen molar-refractivity contribution in [3.8, 4) is 22.3 Å². The van der Waals surface area contributed by atoms with E-state index in [9.17, 15) is 0 Å². The van der Waals surface area contributed by atoms with E-state index in [1.54, 1.807) is 0 Å². The van der Waals surface area contributed by atoms with E-state index < -0.39 is 0 Å². The molecular weight excluding hydrogens is 448 g/mol. The lowest BCUT2D eigenvalue weighted by Gasteiger charge is -2.06. The summed E-state index contributed by atoms with van der Waals surface area (Å²) in [5, 5.41) is 5.34. The zero-order chi connectivity index (χ0) is 20.1. The molecule has 0 bridgehead atoms. The number of benzene rings is 5. The van der Waals surface area contributed by atoms with Gasteiger partial charge in [-0.1, -0.05) is 94.8 Å². The molecule has 30 heavy (non-hydrogen) atoms. The van der Waals surface area contributed by atoms with E-state index in [1.165, 1.54) is 53.2 Å². The summed E-state index contributed by atoms with van der Waals surface area (Å²) in [6, 6.07) is 37.4. The lowest BCUT2D eigenvalue weighted by molar-refractivity contribution is 1.58. The van der Waals surface area contributed by atoms with Crippen LogP contribution in [0.25, 0.3) is 53.2 Å². The van der Waals surface area contributed by atoms with E-state index in [2.05, 4.69) is 119 Å². The van der Waals surface area contributed by atoms with Crippen LogP contribution in [0.1, 0.15) is 0 Å². The van der Waals surface area contributed by atoms with Gasteiger partial charge in [0.2, 0.25) is 0 Å². The predicted molar refractivity (Wildman–Crippen MR) is 135 cm³/mol. The maximum absolute atomic E-state index is 3.51. The monoisotopic (exact) mass is 464 g/mol. The molecule has 1 heterocycles. The van der Waals surface area contributed by atoms with E-state index in [-0.39, 0.29) is 0 Å². The Kier molecular flexibility index (Phi) is 4.22. The van der Waals surface area contributed by atoms with Crippen molar-refractivity contribution < 1.29 is 0 Å². The quantitative estimate of drug-likeness (QED) is 0.239. The molecule has 142 valence electrons. The van der Waals surface area contributed by atoms with E-state index in [0.717, 1.165) is 4.47 Å². The van der Waals surface area contributed by atoms with Crippen LogP contribution < -0.4 is 0 Å².